The first-order chi connectivity index (χ1) is 9.70. The highest BCUT2D eigenvalue weighted by atomic mass is 79.9. The number of nitrogens with zero attached hydrogens (tertiary/aromatic N) is 1. The lowest BCUT2D eigenvalue weighted by atomic mass is 10.2. The van der Waals surface area contributed by atoms with E-state index in [0.717, 1.165) is 25.8 Å². The van der Waals surface area contributed by atoms with Crippen LogP contribution in [-0.2, 0) is 11.4 Å². The van der Waals surface area contributed by atoms with Crippen LogP contribution in [0.3, 0.4) is 0 Å². The summed E-state index contributed by atoms with van der Waals surface area (Å²) < 4.78 is 7.06. The second-order valence-corrected chi connectivity index (χ2v) is 5.71. The SMILES string of the molecule is COc1ccc(CO/N=C\c2ccccc2Br)cc1Br. The predicted molar refractivity (Wildman–Crippen MR) is 87.2 cm³/mol. The highest BCUT2D eigenvalue weighted by Crippen LogP contribution is 2.25. The van der Waals surface area contributed by atoms with Gasteiger partial charge in [-0.15, -0.1) is 0 Å². The Morgan fingerprint density at radius 3 is 2.60 bits per heavy atom. The molecule has 0 aliphatic rings. The maximum Gasteiger partial charge on any atom is 0.142 e. The van der Waals surface area contributed by atoms with Gasteiger partial charge in [0.15, 0.2) is 0 Å². The molecular weight excluding hydrogens is 386 g/mol. The summed E-state index contributed by atoms with van der Waals surface area (Å²) in [5.74, 6) is 0.797. The Kier molecular flexibility index (Phi) is 5.61. The zero-order chi connectivity index (χ0) is 14.4. The molecule has 0 bridgehead atoms. The number of oxime groups is 1. The van der Waals surface area contributed by atoms with Crippen LogP contribution in [0.15, 0.2) is 56.6 Å². The fourth-order valence-corrected chi connectivity index (χ4v) is 2.56. The van der Waals surface area contributed by atoms with Gasteiger partial charge in [-0.25, -0.2) is 0 Å². The van der Waals surface area contributed by atoms with Crippen LogP contribution in [0, 0.1) is 0 Å². The molecule has 5 heteroatoms. The topological polar surface area (TPSA) is 30.8 Å². The number of hydrogen-bond acceptors (Lipinski definition) is 3. The minimum absolute atomic E-state index is 0.406. The van der Waals surface area contributed by atoms with E-state index < -0.39 is 0 Å². The van der Waals surface area contributed by atoms with Crippen molar-refractivity contribution in [2.75, 3.05) is 7.11 Å². The summed E-state index contributed by atoms with van der Waals surface area (Å²) in [4.78, 5) is 5.29. The van der Waals surface area contributed by atoms with E-state index >= 15 is 0 Å². The number of hydrogen-bond donors (Lipinski definition) is 0. The first kappa shape index (κ1) is 15.1. The first-order valence-electron chi connectivity index (χ1n) is 5.93. The maximum atomic E-state index is 5.29. The van der Waals surface area contributed by atoms with Crippen molar-refractivity contribution in [1.29, 1.82) is 0 Å². The molecule has 0 spiro atoms. The highest BCUT2D eigenvalue weighted by molar-refractivity contribution is 9.10. The molecule has 2 aromatic rings. The predicted octanol–water partition coefficient (Wildman–Crippen LogP) is 4.77. The van der Waals surface area contributed by atoms with Gasteiger partial charge < -0.3 is 9.57 Å². The minimum Gasteiger partial charge on any atom is -0.496 e. The van der Waals surface area contributed by atoms with Crippen LogP contribution < -0.4 is 4.74 Å². The van der Waals surface area contributed by atoms with E-state index in [1.807, 2.05) is 42.5 Å². The third-order valence-electron chi connectivity index (χ3n) is 2.62. The lowest BCUT2D eigenvalue weighted by Crippen LogP contribution is -1.91. The number of ether oxygens (including phenoxy) is 1. The fraction of sp³-hybridized carbons (Fsp3) is 0.133. The fourth-order valence-electron chi connectivity index (χ4n) is 1.59. The molecule has 0 aliphatic carbocycles. The number of benzene rings is 2. The summed E-state index contributed by atoms with van der Waals surface area (Å²) in [6.07, 6.45) is 1.68. The summed E-state index contributed by atoms with van der Waals surface area (Å²) in [7, 11) is 1.64. The van der Waals surface area contributed by atoms with Crippen molar-refractivity contribution in [2.45, 2.75) is 6.61 Å². The zero-order valence-corrected chi connectivity index (χ0v) is 14.0. The molecule has 0 radical (unpaired) electrons. The van der Waals surface area contributed by atoms with Crippen LogP contribution in [-0.4, -0.2) is 13.3 Å². The van der Waals surface area contributed by atoms with E-state index in [9.17, 15) is 0 Å². The van der Waals surface area contributed by atoms with Crippen LogP contribution >= 0.6 is 31.9 Å². The molecule has 104 valence electrons. The van der Waals surface area contributed by atoms with Gasteiger partial charge in [0.2, 0.25) is 0 Å². The van der Waals surface area contributed by atoms with Gasteiger partial charge in [0.1, 0.15) is 12.4 Å². The van der Waals surface area contributed by atoms with Crippen molar-refractivity contribution in [3.63, 3.8) is 0 Å². The molecule has 0 N–H and O–H groups in total. The summed E-state index contributed by atoms with van der Waals surface area (Å²) in [5.41, 5.74) is 1.99. The van der Waals surface area contributed by atoms with Crippen molar-refractivity contribution in [1.82, 2.24) is 0 Å². The van der Waals surface area contributed by atoms with Crippen molar-refractivity contribution >= 4 is 38.1 Å². The molecule has 2 aromatic carbocycles. The third-order valence-corrected chi connectivity index (χ3v) is 3.96. The summed E-state index contributed by atoms with van der Waals surface area (Å²) in [6.45, 7) is 0.406. The van der Waals surface area contributed by atoms with Gasteiger partial charge >= 0.3 is 0 Å². The summed E-state index contributed by atoms with van der Waals surface area (Å²) in [5, 5.41) is 3.97. The molecule has 20 heavy (non-hydrogen) atoms. The largest absolute Gasteiger partial charge is 0.496 e. The normalized spacial score (nSPS) is 10.8. The van der Waals surface area contributed by atoms with Crippen molar-refractivity contribution in [3.05, 3.63) is 62.5 Å². The van der Waals surface area contributed by atoms with Gasteiger partial charge in [0.25, 0.3) is 0 Å². The highest BCUT2D eigenvalue weighted by Gasteiger charge is 2.01. The van der Waals surface area contributed by atoms with Crippen LogP contribution in [0.4, 0.5) is 0 Å². The average Bonchev–Trinajstić information content (AvgIpc) is 2.45. The molecule has 0 unspecified atom stereocenters. The Balaban J connectivity index is 1.93. The van der Waals surface area contributed by atoms with E-state index in [1.54, 1.807) is 13.3 Å². The second-order valence-electron chi connectivity index (χ2n) is 4.00. The number of halogens is 2. The van der Waals surface area contributed by atoms with E-state index in [4.69, 9.17) is 9.57 Å². The molecule has 0 aliphatic heterocycles. The second kappa shape index (κ2) is 7.45. The lowest BCUT2D eigenvalue weighted by molar-refractivity contribution is 0.132. The third kappa shape index (κ3) is 4.08. The van der Waals surface area contributed by atoms with Gasteiger partial charge in [-0.2, -0.15) is 0 Å². The van der Waals surface area contributed by atoms with Gasteiger partial charge in [0.05, 0.1) is 17.8 Å². The molecule has 0 aromatic heterocycles. The van der Waals surface area contributed by atoms with Gasteiger partial charge in [-0.3, -0.25) is 0 Å². The quantitative estimate of drug-likeness (QED) is 0.536. The maximum absolute atomic E-state index is 5.29. The minimum atomic E-state index is 0.406. The van der Waals surface area contributed by atoms with Crippen molar-refractivity contribution in [3.8, 4) is 5.75 Å². The Hall–Kier alpha value is -1.33. The Morgan fingerprint density at radius 1 is 1.10 bits per heavy atom. The van der Waals surface area contributed by atoms with E-state index in [-0.39, 0.29) is 0 Å². The molecule has 0 atom stereocenters. The molecule has 0 fully saturated rings. The van der Waals surface area contributed by atoms with Crippen LogP contribution in [0.1, 0.15) is 11.1 Å². The van der Waals surface area contributed by atoms with Crippen molar-refractivity contribution < 1.29 is 9.57 Å². The molecule has 0 saturated heterocycles. The molecular formula is C15H13Br2NO2. The van der Waals surface area contributed by atoms with E-state index in [0.29, 0.717) is 6.61 Å². The van der Waals surface area contributed by atoms with Gasteiger partial charge in [-0.1, -0.05) is 45.4 Å². The van der Waals surface area contributed by atoms with Crippen LogP contribution in [0.25, 0.3) is 0 Å². The number of methoxy groups -OCH3 is 1. The van der Waals surface area contributed by atoms with Gasteiger partial charge in [-0.05, 0) is 39.7 Å². The summed E-state index contributed by atoms with van der Waals surface area (Å²) in [6, 6.07) is 13.6. The molecule has 0 saturated carbocycles. The Labute approximate surface area is 134 Å². The summed E-state index contributed by atoms with van der Waals surface area (Å²) >= 11 is 6.89. The average molecular weight is 399 g/mol. The Bertz CT molecular complexity index is 615. The van der Waals surface area contributed by atoms with Crippen LogP contribution in [0.2, 0.25) is 0 Å². The number of rotatable bonds is 5. The monoisotopic (exact) mass is 397 g/mol. The van der Waals surface area contributed by atoms with E-state index in [1.165, 1.54) is 0 Å². The molecule has 3 nitrogen and oxygen atoms in total. The first-order valence-corrected chi connectivity index (χ1v) is 7.51. The standard InChI is InChI=1S/C15H13Br2NO2/c1-19-15-7-6-11(8-14(15)17)10-20-18-9-12-4-2-3-5-13(12)16/h2-9H,10H2,1H3/b18-9-. The molecule has 0 amide bonds. The van der Waals surface area contributed by atoms with Crippen molar-refractivity contribution in [2.24, 2.45) is 5.16 Å². The molecule has 0 heterocycles. The van der Waals surface area contributed by atoms with E-state index in [2.05, 4.69) is 37.0 Å². The lowest BCUT2D eigenvalue weighted by Gasteiger charge is -2.05. The smallest absolute Gasteiger partial charge is 0.142 e. The molecule has 2 rings (SSSR count). The zero-order valence-electron chi connectivity index (χ0n) is 10.8. The van der Waals surface area contributed by atoms with Gasteiger partial charge in [0, 0.05) is 10.0 Å². The Morgan fingerprint density at radius 2 is 1.90 bits per heavy atom. The van der Waals surface area contributed by atoms with Crippen LogP contribution in [0.5, 0.6) is 5.75 Å².